The number of carbonyl (C=O) groups is 1. The molecule has 0 saturated carbocycles. The van der Waals surface area contributed by atoms with Crippen LogP contribution >= 0.6 is 11.6 Å². The van der Waals surface area contributed by atoms with Crippen molar-refractivity contribution in [3.8, 4) is 0 Å². The van der Waals surface area contributed by atoms with Gasteiger partial charge >= 0.3 is 0 Å². The first-order valence-corrected chi connectivity index (χ1v) is 7.96. The third-order valence-corrected chi connectivity index (χ3v) is 4.19. The number of hydrogen-bond donors (Lipinski definition) is 2. The maximum atomic E-state index is 13.7. The van der Waals surface area contributed by atoms with Crippen LogP contribution in [0.1, 0.15) is 31.1 Å². The molecule has 1 fully saturated rings. The van der Waals surface area contributed by atoms with Gasteiger partial charge in [0.1, 0.15) is 5.82 Å². The number of rotatable bonds is 3. The van der Waals surface area contributed by atoms with Gasteiger partial charge in [0, 0.05) is 37.2 Å². The summed E-state index contributed by atoms with van der Waals surface area (Å²) < 4.78 is 13.7. The van der Waals surface area contributed by atoms with Crippen LogP contribution in [0.25, 0.3) is 0 Å². The number of halogens is 2. The lowest BCUT2D eigenvalue weighted by Crippen LogP contribution is -2.56. The van der Waals surface area contributed by atoms with Crippen molar-refractivity contribution < 1.29 is 14.3 Å². The number of carbonyl (C=O) groups excluding carboxylic acids is 1. The van der Waals surface area contributed by atoms with Crippen LogP contribution in [-0.4, -0.2) is 58.6 Å². The van der Waals surface area contributed by atoms with Crippen molar-refractivity contribution in [2.24, 2.45) is 0 Å². The SMILES string of the molecule is C[C@H]1CN(C(=O)c2cc(Cl)cc(F)c2N)CCN1CC(C)(C)O. The standard InChI is InChI=1S/C16H23ClFN3O2/c1-10-8-20(4-5-21(10)9-16(2,3)23)15(22)12-6-11(17)7-13(18)14(12)19/h6-7,10,23H,4-5,8-9,19H2,1-3H3/t10-/m0/s1. The number of amides is 1. The van der Waals surface area contributed by atoms with Gasteiger partial charge in [-0.15, -0.1) is 0 Å². The first-order chi connectivity index (χ1) is 10.6. The second-order valence-electron chi connectivity index (χ2n) is 6.73. The van der Waals surface area contributed by atoms with Crippen molar-refractivity contribution in [2.75, 3.05) is 31.9 Å². The summed E-state index contributed by atoms with van der Waals surface area (Å²) in [5.74, 6) is -1.01. The van der Waals surface area contributed by atoms with Gasteiger partial charge < -0.3 is 15.7 Å². The zero-order valence-corrected chi connectivity index (χ0v) is 14.4. The molecule has 7 heteroatoms. The fourth-order valence-corrected chi connectivity index (χ4v) is 3.05. The average Bonchev–Trinajstić information content (AvgIpc) is 2.43. The number of anilines is 1. The summed E-state index contributed by atoms with van der Waals surface area (Å²) >= 11 is 5.83. The highest BCUT2D eigenvalue weighted by atomic mass is 35.5. The van der Waals surface area contributed by atoms with Crippen LogP contribution in [0.4, 0.5) is 10.1 Å². The van der Waals surface area contributed by atoms with E-state index in [2.05, 4.69) is 4.90 Å². The van der Waals surface area contributed by atoms with E-state index in [0.29, 0.717) is 26.2 Å². The number of nitrogen functional groups attached to an aromatic ring is 1. The van der Waals surface area contributed by atoms with Gasteiger partial charge in [-0.1, -0.05) is 11.6 Å². The molecule has 0 bridgehead atoms. The van der Waals surface area contributed by atoms with E-state index in [1.54, 1.807) is 18.7 Å². The van der Waals surface area contributed by atoms with Crippen LogP contribution in [0.5, 0.6) is 0 Å². The molecule has 1 atom stereocenters. The van der Waals surface area contributed by atoms with Crippen molar-refractivity contribution in [1.82, 2.24) is 9.80 Å². The van der Waals surface area contributed by atoms with Gasteiger partial charge in [-0.2, -0.15) is 0 Å². The van der Waals surface area contributed by atoms with Gasteiger partial charge in [-0.25, -0.2) is 4.39 Å². The maximum Gasteiger partial charge on any atom is 0.256 e. The summed E-state index contributed by atoms with van der Waals surface area (Å²) in [6, 6.07) is 2.58. The van der Waals surface area contributed by atoms with Gasteiger partial charge in [0.2, 0.25) is 0 Å². The van der Waals surface area contributed by atoms with Gasteiger partial charge in [0.25, 0.3) is 5.91 Å². The number of aliphatic hydroxyl groups is 1. The van der Waals surface area contributed by atoms with Crippen LogP contribution in [-0.2, 0) is 0 Å². The predicted octanol–water partition coefficient (Wildman–Crippen LogP) is 1.98. The molecule has 1 aromatic rings. The zero-order chi connectivity index (χ0) is 17.4. The Kier molecular flexibility index (Phi) is 5.18. The van der Waals surface area contributed by atoms with Gasteiger partial charge in [-0.3, -0.25) is 9.69 Å². The van der Waals surface area contributed by atoms with Crippen molar-refractivity contribution in [1.29, 1.82) is 0 Å². The molecular formula is C16H23ClFN3O2. The number of β-amino-alcohol motifs (C(OH)–C–C–N with tert-alkyl or cyclic N) is 1. The molecule has 1 saturated heterocycles. The first-order valence-electron chi connectivity index (χ1n) is 7.58. The van der Waals surface area contributed by atoms with E-state index < -0.39 is 11.4 Å². The Morgan fingerprint density at radius 1 is 1.48 bits per heavy atom. The van der Waals surface area contributed by atoms with E-state index in [0.717, 1.165) is 6.07 Å². The Bertz CT molecular complexity index is 604. The molecule has 1 amide bonds. The lowest BCUT2D eigenvalue weighted by molar-refractivity contribution is -0.00142. The second kappa shape index (κ2) is 6.63. The molecule has 1 heterocycles. The Labute approximate surface area is 140 Å². The monoisotopic (exact) mass is 343 g/mol. The third-order valence-electron chi connectivity index (χ3n) is 3.97. The smallest absolute Gasteiger partial charge is 0.256 e. The van der Waals surface area contributed by atoms with Crippen molar-refractivity contribution in [3.05, 3.63) is 28.5 Å². The van der Waals surface area contributed by atoms with Crippen molar-refractivity contribution >= 4 is 23.2 Å². The van der Waals surface area contributed by atoms with E-state index in [1.807, 2.05) is 6.92 Å². The van der Waals surface area contributed by atoms with Gasteiger partial charge in [-0.05, 0) is 32.9 Å². The normalized spacial score (nSPS) is 19.9. The topological polar surface area (TPSA) is 69.8 Å². The number of hydrogen-bond acceptors (Lipinski definition) is 4. The minimum absolute atomic E-state index is 0.0874. The molecule has 0 unspecified atom stereocenters. The number of nitrogens with zero attached hydrogens (tertiary/aromatic N) is 2. The summed E-state index contributed by atoms with van der Waals surface area (Å²) in [4.78, 5) is 16.4. The van der Waals surface area contributed by atoms with E-state index in [-0.39, 0.29) is 28.2 Å². The molecule has 0 aromatic heterocycles. The summed E-state index contributed by atoms with van der Waals surface area (Å²) in [7, 11) is 0. The Morgan fingerprint density at radius 3 is 2.70 bits per heavy atom. The molecule has 128 valence electrons. The van der Waals surface area contributed by atoms with Crippen LogP contribution in [0, 0.1) is 5.82 Å². The van der Waals surface area contributed by atoms with E-state index in [9.17, 15) is 14.3 Å². The number of nitrogens with two attached hydrogens (primary N) is 1. The summed E-state index contributed by atoms with van der Waals surface area (Å²) in [5, 5.41) is 10.1. The van der Waals surface area contributed by atoms with Crippen molar-refractivity contribution in [2.45, 2.75) is 32.4 Å². The first kappa shape index (κ1) is 18.0. The highest BCUT2D eigenvalue weighted by Crippen LogP contribution is 2.24. The number of piperazine rings is 1. The quantitative estimate of drug-likeness (QED) is 0.823. The fourth-order valence-electron chi connectivity index (χ4n) is 2.84. The highest BCUT2D eigenvalue weighted by molar-refractivity contribution is 6.31. The molecule has 5 nitrogen and oxygen atoms in total. The molecule has 1 aliphatic rings. The predicted molar refractivity (Wildman–Crippen MR) is 89.1 cm³/mol. The Hall–Kier alpha value is -1.37. The van der Waals surface area contributed by atoms with Crippen LogP contribution in [0.15, 0.2) is 12.1 Å². The molecule has 0 radical (unpaired) electrons. The highest BCUT2D eigenvalue weighted by Gasteiger charge is 2.31. The Balaban J connectivity index is 2.12. The minimum atomic E-state index is -0.791. The molecule has 0 aliphatic carbocycles. The van der Waals surface area contributed by atoms with E-state index in [1.165, 1.54) is 6.07 Å². The summed E-state index contributed by atoms with van der Waals surface area (Å²) in [5.41, 5.74) is 4.81. The largest absolute Gasteiger partial charge is 0.396 e. The maximum absolute atomic E-state index is 13.7. The van der Waals surface area contributed by atoms with Crippen LogP contribution < -0.4 is 5.73 Å². The van der Waals surface area contributed by atoms with Crippen molar-refractivity contribution in [3.63, 3.8) is 0 Å². The molecule has 1 aromatic carbocycles. The third kappa shape index (κ3) is 4.34. The van der Waals surface area contributed by atoms with Crippen LogP contribution in [0.2, 0.25) is 5.02 Å². The molecule has 23 heavy (non-hydrogen) atoms. The molecule has 3 N–H and O–H groups in total. The van der Waals surface area contributed by atoms with Gasteiger partial charge in [0.15, 0.2) is 0 Å². The molecule has 0 spiro atoms. The van der Waals surface area contributed by atoms with E-state index >= 15 is 0 Å². The molecular weight excluding hydrogens is 321 g/mol. The Morgan fingerprint density at radius 2 is 2.13 bits per heavy atom. The summed E-state index contributed by atoms with van der Waals surface area (Å²) in [6.07, 6.45) is 0. The number of benzene rings is 1. The second-order valence-corrected chi connectivity index (χ2v) is 7.17. The van der Waals surface area contributed by atoms with Crippen LogP contribution in [0.3, 0.4) is 0 Å². The summed E-state index contributed by atoms with van der Waals surface area (Å²) in [6.45, 7) is 7.66. The minimum Gasteiger partial charge on any atom is -0.396 e. The zero-order valence-electron chi connectivity index (χ0n) is 13.6. The molecule has 1 aliphatic heterocycles. The lowest BCUT2D eigenvalue weighted by Gasteiger charge is -2.42. The van der Waals surface area contributed by atoms with E-state index in [4.69, 9.17) is 17.3 Å². The molecule has 2 rings (SSSR count). The van der Waals surface area contributed by atoms with Gasteiger partial charge in [0.05, 0.1) is 16.9 Å². The lowest BCUT2D eigenvalue weighted by atomic mass is 10.1. The average molecular weight is 344 g/mol. The fraction of sp³-hybridized carbons (Fsp3) is 0.562.